The Kier molecular flexibility index (Phi) is 8.00. The molecule has 0 N–H and O–H groups in total. The van der Waals surface area contributed by atoms with Crippen molar-refractivity contribution in [3.63, 3.8) is 0 Å². The van der Waals surface area contributed by atoms with Crippen molar-refractivity contribution in [2.45, 2.75) is 0 Å². The summed E-state index contributed by atoms with van der Waals surface area (Å²) in [5.41, 5.74) is 25.5. The fourth-order valence-electron chi connectivity index (χ4n) is 13.0. The number of benzene rings is 11. The number of fused-ring (bicyclic) bond motifs is 20. The first kappa shape index (κ1) is 39.8. The Balaban J connectivity index is 0.854. The molecule has 0 spiro atoms. The molecule has 342 valence electrons. The number of rotatable bonds is 3. The van der Waals surface area contributed by atoms with Gasteiger partial charge in [0.2, 0.25) is 5.78 Å². The summed E-state index contributed by atoms with van der Waals surface area (Å²) in [6.07, 6.45) is 0. The number of para-hydroxylation sites is 7. The quantitative estimate of drug-likeness (QED) is 0.166. The lowest BCUT2D eigenvalue weighted by molar-refractivity contribution is 0.487. The van der Waals surface area contributed by atoms with Crippen LogP contribution in [0, 0.1) is 0 Å². The van der Waals surface area contributed by atoms with E-state index in [-0.39, 0.29) is 6.71 Å². The molecule has 0 radical (unpaired) electrons. The van der Waals surface area contributed by atoms with Crippen molar-refractivity contribution < 1.29 is 4.74 Å². The number of nitrogens with zero attached hydrogens (tertiary/aromatic N) is 5. The van der Waals surface area contributed by atoms with E-state index < -0.39 is 0 Å². The molecular weight excluding hydrogens is 902 g/mol. The van der Waals surface area contributed by atoms with Gasteiger partial charge in [-0.05, 0) is 158 Å². The summed E-state index contributed by atoms with van der Waals surface area (Å²) in [6.45, 7) is 0.0618. The maximum absolute atomic E-state index is 6.67. The zero-order valence-corrected chi connectivity index (χ0v) is 39.8. The third-order valence-electron chi connectivity index (χ3n) is 16.1. The van der Waals surface area contributed by atoms with Crippen molar-refractivity contribution in [2.24, 2.45) is 0 Å². The average Bonchev–Trinajstić information content (AvgIpc) is 4.18. The van der Waals surface area contributed by atoms with E-state index in [0.29, 0.717) is 0 Å². The van der Waals surface area contributed by atoms with Crippen molar-refractivity contribution in [1.82, 2.24) is 18.5 Å². The molecule has 3 aliphatic rings. The molecule has 74 heavy (non-hydrogen) atoms. The third kappa shape index (κ3) is 5.36. The summed E-state index contributed by atoms with van der Waals surface area (Å²) < 4.78 is 13.7. The minimum Gasteiger partial charge on any atom is -0.458 e. The molecular formula is C67H40BN5O. The van der Waals surface area contributed by atoms with E-state index in [1.807, 2.05) is 0 Å². The zero-order valence-electron chi connectivity index (χ0n) is 39.8. The van der Waals surface area contributed by atoms with Crippen LogP contribution in [0.4, 0.5) is 17.1 Å². The number of aromatic nitrogens is 4. The second-order valence-electron chi connectivity index (χ2n) is 19.8. The Labute approximate surface area is 425 Å². The van der Waals surface area contributed by atoms with E-state index in [2.05, 4.69) is 261 Å². The lowest BCUT2D eigenvalue weighted by atomic mass is 9.34. The SMILES string of the molecule is c1ccc2c(c1)Oc1cccc3c1B2c1ccccc1N3c1ccc2c(c1)-c1ccccc1-c1cc(-n3c4ccccc4c4cc(-n5c6ccccc6n6c7ccccc7nc56)ccc43)ccc1-c1ccccc1-2. The van der Waals surface area contributed by atoms with E-state index >= 15 is 0 Å². The number of hydrogen-bond acceptors (Lipinski definition) is 3. The molecule has 2 aliphatic heterocycles. The molecule has 0 saturated carbocycles. The summed E-state index contributed by atoms with van der Waals surface area (Å²) in [5, 5.41) is 2.38. The van der Waals surface area contributed by atoms with Crippen molar-refractivity contribution in [2.75, 3.05) is 4.90 Å². The standard InChI is InChI=1S/C67H40BN5O/c1-2-17-45-44(16-1)48-35-32-41(70-57-24-9-5-20-50(57)53-40-43(34-37-58(53)70)72-61-27-12-13-28-62(61)73-60-26-11-8-23-56(60)69-67(72)73)38-51(48)46-18-3-4-19-47(46)52-39-42(33-36-49(45)52)71-59-25-10-6-21-54(59)68-55-22-7-14-30-64(55)74-65-31-15-29-63(71)66(65)68/h1-40H. The second-order valence-corrected chi connectivity index (χ2v) is 19.8. The average molecular weight is 942 g/mol. The van der Waals surface area contributed by atoms with Gasteiger partial charge in [-0.1, -0.05) is 146 Å². The summed E-state index contributed by atoms with van der Waals surface area (Å²) in [5.74, 6) is 2.73. The van der Waals surface area contributed by atoms with Gasteiger partial charge in [0.25, 0.3) is 6.71 Å². The van der Waals surface area contributed by atoms with E-state index in [1.165, 1.54) is 77.4 Å². The van der Waals surface area contributed by atoms with Crippen LogP contribution in [0.15, 0.2) is 243 Å². The molecule has 3 aromatic heterocycles. The summed E-state index contributed by atoms with van der Waals surface area (Å²) >= 11 is 0. The summed E-state index contributed by atoms with van der Waals surface area (Å²) in [6, 6.07) is 88.8. The highest BCUT2D eigenvalue weighted by atomic mass is 16.5. The normalized spacial score (nSPS) is 12.9. The van der Waals surface area contributed by atoms with Gasteiger partial charge in [-0.25, -0.2) is 4.98 Å². The topological polar surface area (TPSA) is 39.6 Å². The molecule has 14 aromatic rings. The molecule has 1 aliphatic carbocycles. The molecule has 6 nitrogen and oxygen atoms in total. The van der Waals surface area contributed by atoms with E-state index in [9.17, 15) is 0 Å². The first-order valence-corrected chi connectivity index (χ1v) is 25.4. The van der Waals surface area contributed by atoms with Gasteiger partial charge < -0.3 is 14.2 Å². The van der Waals surface area contributed by atoms with Gasteiger partial charge in [0.15, 0.2) is 0 Å². The highest BCUT2D eigenvalue weighted by Gasteiger charge is 2.41. The molecule has 17 rings (SSSR count). The van der Waals surface area contributed by atoms with Gasteiger partial charge >= 0.3 is 0 Å². The largest absolute Gasteiger partial charge is 0.458 e. The minimum atomic E-state index is 0.0618. The van der Waals surface area contributed by atoms with Crippen molar-refractivity contribution in [3.8, 4) is 67.4 Å². The van der Waals surface area contributed by atoms with E-state index in [0.717, 1.165) is 73.1 Å². The van der Waals surface area contributed by atoms with Gasteiger partial charge in [0.1, 0.15) is 11.5 Å². The fraction of sp³-hybridized carbons (Fsp3) is 0. The van der Waals surface area contributed by atoms with Crippen LogP contribution in [0.25, 0.3) is 106 Å². The van der Waals surface area contributed by atoms with Crippen molar-refractivity contribution >= 4 is 89.8 Å². The molecule has 0 fully saturated rings. The van der Waals surface area contributed by atoms with Crippen LogP contribution >= 0.6 is 0 Å². The molecule has 5 heterocycles. The fourth-order valence-corrected chi connectivity index (χ4v) is 13.0. The van der Waals surface area contributed by atoms with Crippen LogP contribution in [0.5, 0.6) is 11.5 Å². The lowest BCUT2D eigenvalue weighted by Crippen LogP contribution is -2.59. The molecule has 0 atom stereocenters. The first-order valence-electron chi connectivity index (χ1n) is 25.4. The minimum absolute atomic E-state index is 0.0618. The van der Waals surface area contributed by atoms with Gasteiger partial charge in [0.05, 0.1) is 33.1 Å². The summed E-state index contributed by atoms with van der Waals surface area (Å²) in [7, 11) is 0. The predicted octanol–water partition coefficient (Wildman–Crippen LogP) is 14.9. The second kappa shape index (κ2) is 14.9. The predicted molar refractivity (Wildman–Crippen MR) is 305 cm³/mol. The first-order chi connectivity index (χ1) is 36.7. The molecule has 7 heteroatoms. The van der Waals surface area contributed by atoms with Crippen LogP contribution in [0.3, 0.4) is 0 Å². The van der Waals surface area contributed by atoms with Gasteiger partial charge in [-0.3, -0.25) is 8.97 Å². The highest BCUT2D eigenvalue weighted by molar-refractivity contribution is 6.99. The van der Waals surface area contributed by atoms with Crippen molar-refractivity contribution in [1.29, 1.82) is 0 Å². The van der Waals surface area contributed by atoms with Gasteiger partial charge in [-0.2, -0.15) is 0 Å². The molecule has 0 amide bonds. The Morgan fingerprint density at radius 3 is 1.68 bits per heavy atom. The Morgan fingerprint density at radius 1 is 0.338 bits per heavy atom. The Bertz CT molecular complexity index is 4750. The molecule has 0 saturated heterocycles. The number of anilines is 3. The maximum atomic E-state index is 6.67. The molecule has 11 aromatic carbocycles. The van der Waals surface area contributed by atoms with Crippen molar-refractivity contribution in [3.05, 3.63) is 243 Å². The van der Waals surface area contributed by atoms with Gasteiger partial charge in [-0.15, -0.1) is 0 Å². The van der Waals surface area contributed by atoms with E-state index in [1.54, 1.807) is 0 Å². The number of hydrogen-bond donors (Lipinski definition) is 0. The Hall–Kier alpha value is -9.85. The van der Waals surface area contributed by atoms with Crippen LogP contribution in [-0.4, -0.2) is 25.2 Å². The Morgan fingerprint density at radius 2 is 0.878 bits per heavy atom. The smallest absolute Gasteiger partial charge is 0.256 e. The molecule has 0 bridgehead atoms. The lowest BCUT2D eigenvalue weighted by Gasteiger charge is -2.40. The maximum Gasteiger partial charge on any atom is 0.256 e. The molecule has 0 unspecified atom stereocenters. The van der Waals surface area contributed by atoms with Crippen LogP contribution in [0.1, 0.15) is 0 Å². The highest BCUT2D eigenvalue weighted by Crippen LogP contribution is 2.51. The van der Waals surface area contributed by atoms with Crippen LogP contribution in [-0.2, 0) is 0 Å². The zero-order chi connectivity index (χ0) is 48.2. The van der Waals surface area contributed by atoms with Crippen LogP contribution in [0.2, 0.25) is 0 Å². The third-order valence-corrected chi connectivity index (χ3v) is 16.1. The monoisotopic (exact) mass is 941 g/mol. The number of ether oxygens (including phenoxy) is 1. The van der Waals surface area contributed by atoms with Gasteiger partial charge in [0, 0.05) is 39.2 Å². The van der Waals surface area contributed by atoms with E-state index in [4.69, 9.17) is 9.72 Å². The summed E-state index contributed by atoms with van der Waals surface area (Å²) in [4.78, 5) is 7.66. The van der Waals surface area contributed by atoms with Crippen LogP contribution < -0.4 is 26.0 Å². The number of imidazole rings is 2.